The highest BCUT2D eigenvalue weighted by Gasteiger charge is 2.50. The van der Waals surface area contributed by atoms with Crippen molar-refractivity contribution in [2.75, 3.05) is 0 Å². The second-order valence-electron chi connectivity index (χ2n) is 4.39. The van der Waals surface area contributed by atoms with Gasteiger partial charge in [-0.2, -0.15) is 0 Å². The van der Waals surface area contributed by atoms with Gasteiger partial charge < -0.3 is 0 Å². The molecule has 0 heteroatoms. The summed E-state index contributed by atoms with van der Waals surface area (Å²) in [5.74, 6) is 2.47. The van der Waals surface area contributed by atoms with Gasteiger partial charge in [-0.05, 0) is 35.7 Å². The molecule has 55 valence electrons. The molecule has 0 unspecified atom stereocenters. The average molecular weight is 135 g/mol. The zero-order valence-electron chi connectivity index (χ0n) is 7.02. The SMILES string of the molecule is C[C@H]1[C]=C[C@H]2C[C@@H]1C2(C)C. The molecule has 3 aliphatic rings. The molecule has 3 rings (SSSR count). The predicted molar refractivity (Wildman–Crippen MR) is 42.4 cm³/mol. The first-order valence-corrected chi connectivity index (χ1v) is 4.22. The fourth-order valence-corrected chi connectivity index (χ4v) is 2.51. The predicted octanol–water partition coefficient (Wildman–Crippen LogP) is 2.66. The smallest absolute Gasteiger partial charge is 0.0157 e. The average Bonchev–Trinajstić information content (AvgIpc) is 1.87. The van der Waals surface area contributed by atoms with Crippen molar-refractivity contribution >= 4 is 0 Å². The van der Waals surface area contributed by atoms with Crippen LogP contribution in [0.25, 0.3) is 0 Å². The van der Waals surface area contributed by atoms with Crippen LogP contribution in [0.15, 0.2) is 6.08 Å². The van der Waals surface area contributed by atoms with Crippen LogP contribution in [0.5, 0.6) is 0 Å². The minimum absolute atomic E-state index is 0.588. The van der Waals surface area contributed by atoms with Crippen LogP contribution in [0.4, 0.5) is 0 Å². The Morgan fingerprint density at radius 2 is 2.20 bits per heavy atom. The molecule has 0 saturated heterocycles. The molecule has 0 amide bonds. The van der Waals surface area contributed by atoms with Crippen molar-refractivity contribution in [3.63, 3.8) is 0 Å². The van der Waals surface area contributed by atoms with Crippen LogP contribution in [-0.2, 0) is 0 Å². The molecule has 0 N–H and O–H groups in total. The lowest BCUT2D eigenvalue weighted by Gasteiger charge is -2.56. The molecule has 1 radical (unpaired) electrons. The molecule has 3 atom stereocenters. The van der Waals surface area contributed by atoms with E-state index in [0.29, 0.717) is 11.3 Å². The van der Waals surface area contributed by atoms with E-state index in [0.717, 1.165) is 11.8 Å². The van der Waals surface area contributed by atoms with Crippen LogP contribution in [0, 0.1) is 29.2 Å². The molecule has 0 aromatic rings. The van der Waals surface area contributed by atoms with Crippen LogP contribution in [0.1, 0.15) is 27.2 Å². The van der Waals surface area contributed by atoms with E-state index in [4.69, 9.17) is 0 Å². The van der Waals surface area contributed by atoms with Gasteiger partial charge in [-0.1, -0.05) is 26.8 Å². The maximum atomic E-state index is 3.41. The van der Waals surface area contributed by atoms with E-state index in [2.05, 4.69) is 32.9 Å². The molecule has 0 aliphatic heterocycles. The Bertz CT molecular complexity index is 176. The number of hydrogen-bond acceptors (Lipinski definition) is 0. The van der Waals surface area contributed by atoms with Crippen molar-refractivity contribution in [3.05, 3.63) is 12.2 Å². The Morgan fingerprint density at radius 1 is 1.50 bits per heavy atom. The van der Waals surface area contributed by atoms with E-state index in [-0.39, 0.29) is 0 Å². The van der Waals surface area contributed by atoms with E-state index in [1.807, 2.05) is 0 Å². The van der Waals surface area contributed by atoms with Crippen LogP contribution >= 0.6 is 0 Å². The summed E-state index contributed by atoms with van der Waals surface area (Å²) in [5.41, 5.74) is 0.588. The van der Waals surface area contributed by atoms with Gasteiger partial charge in [0.1, 0.15) is 0 Å². The van der Waals surface area contributed by atoms with Crippen molar-refractivity contribution in [1.82, 2.24) is 0 Å². The van der Waals surface area contributed by atoms with Crippen molar-refractivity contribution in [2.24, 2.45) is 23.2 Å². The molecular weight excluding hydrogens is 120 g/mol. The van der Waals surface area contributed by atoms with E-state index < -0.39 is 0 Å². The number of hydrogen-bond donors (Lipinski definition) is 0. The highest BCUT2D eigenvalue weighted by molar-refractivity contribution is 5.12. The summed E-state index contributed by atoms with van der Waals surface area (Å²) in [4.78, 5) is 0. The molecule has 3 aliphatic carbocycles. The topological polar surface area (TPSA) is 0 Å². The van der Waals surface area contributed by atoms with Crippen molar-refractivity contribution in [3.8, 4) is 0 Å². The van der Waals surface area contributed by atoms with Crippen molar-refractivity contribution in [2.45, 2.75) is 27.2 Å². The van der Waals surface area contributed by atoms with Gasteiger partial charge in [0.15, 0.2) is 0 Å². The summed E-state index contributed by atoms with van der Waals surface area (Å²) in [6, 6.07) is 0. The summed E-state index contributed by atoms with van der Waals surface area (Å²) in [6.07, 6.45) is 7.13. The Labute approximate surface area is 63.3 Å². The monoisotopic (exact) mass is 135 g/mol. The minimum Gasteiger partial charge on any atom is -0.0771 e. The van der Waals surface area contributed by atoms with Gasteiger partial charge in [-0.15, -0.1) is 0 Å². The van der Waals surface area contributed by atoms with Gasteiger partial charge in [0, 0.05) is 0 Å². The van der Waals surface area contributed by atoms with Gasteiger partial charge in [-0.3, -0.25) is 0 Å². The third-order valence-electron chi connectivity index (χ3n) is 3.58. The fourth-order valence-electron chi connectivity index (χ4n) is 2.51. The lowest BCUT2D eigenvalue weighted by Crippen LogP contribution is -2.49. The molecule has 2 bridgehead atoms. The third kappa shape index (κ3) is 0.574. The summed E-state index contributed by atoms with van der Waals surface area (Å²) >= 11 is 0. The molecule has 0 spiro atoms. The van der Waals surface area contributed by atoms with E-state index in [9.17, 15) is 0 Å². The number of rotatable bonds is 0. The molecule has 1 saturated carbocycles. The molecule has 0 aromatic heterocycles. The zero-order chi connectivity index (χ0) is 7.35. The normalized spacial score (nSPS) is 48.5. The van der Waals surface area contributed by atoms with Gasteiger partial charge in [-0.25, -0.2) is 0 Å². The minimum atomic E-state index is 0.588. The Balaban J connectivity index is 2.28. The summed E-state index contributed by atoms with van der Waals surface area (Å²) < 4.78 is 0. The molecule has 0 nitrogen and oxygen atoms in total. The van der Waals surface area contributed by atoms with Crippen LogP contribution in [0.2, 0.25) is 0 Å². The van der Waals surface area contributed by atoms with Crippen LogP contribution in [-0.4, -0.2) is 0 Å². The molecule has 1 fully saturated rings. The number of fused-ring (bicyclic) bond motifs is 1. The number of allylic oxidation sites excluding steroid dienone is 2. The molecule has 10 heavy (non-hydrogen) atoms. The first-order chi connectivity index (χ1) is 4.62. The van der Waals surface area contributed by atoms with Crippen LogP contribution < -0.4 is 0 Å². The molecule has 0 aromatic carbocycles. The van der Waals surface area contributed by atoms with E-state index in [1.165, 1.54) is 6.42 Å². The van der Waals surface area contributed by atoms with E-state index >= 15 is 0 Å². The lowest BCUT2D eigenvalue weighted by atomic mass is 9.48. The van der Waals surface area contributed by atoms with Crippen LogP contribution in [0.3, 0.4) is 0 Å². The maximum Gasteiger partial charge on any atom is -0.0157 e. The fraction of sp³-hybridized carbons (Fsp3) is 0.800. The first-order valence-electron chi connectivity index (χ1n) is 4.22. The molecular formula is C10H15. The second-order valence-corrected chi connectivity index (χ2v) is 4.39. The third-order valence-corrected chi connectivity index (χ3v) is 3.58. The van der Waals surface area contributed by atoms with Crippen molar-refractivity contribution in [1.29, 1.82) is 0 Å². The first kappa shape index (κ1) is 6.45. The summed E-state index contributed by atoms with van der Waals surface area (Å²) in [5, 5.41) is 0. The van der Waals surface area contributed by atoms with Gasteiger partial charge >= 0.3 is 0 Å². The Morgan fingerprint density at radius 3 is 2.50 bits per heavy atom. The zero-order valence-corrected chi connectivity index (χ0v) is 7.02. The Hall–Kier alpha value is -0.260. The van der Waals surface area contributed by atoms with Gasteiger partial charge in [0.05, 0.1) is 0 Å². The largest absolute Gasteiger partial charge is 0.0771 e. The van der Waals surface area contributed by atoms with Gasteiger partial charge in [0.25, 0.3) is 0 Å². The highest BCUT2D eigenvalue weighted by Crippen LogP contribution is 2.57. The highest BCUT2D eigenvalue weighted by atomic mass is 14.5. The molecule has 0 heterocycles. The summed E-state index contributed by atoms with van der Waals surface area (Å²) in [6.45, 7) is 7.07. The quantitative estimate of drug-likeness (QED) is 0.479. The lowest BCUT2D eigenvalue weighted by molar-refractivity contribution is -0.0291. The van der Waals surface area contributed by atoms with Crippen molar-refractivity contribution < 1.29 is 0 Å². The maximum absolute atomic E-state index is 3.41. The Kier molecular flexibility index (Phi) is 1.07. The second kappa shape index (κ2) is 1.66. The van der Waals surface area contributed by atoms with E-state index in [1.54, 1.807) is 0 Å². The standard InChI is InChI=1S/C10H15/c1-7-4-5-8-6-9(7)10(8,2)3/h5,7-9H,6H2,1-3H3/t7-,8-,9-/m0/s1. The van der Waals surface area contributed by atoms with Gasteiger partial charge in [0.2, 0.25) is 0 Å². The summed E-state index contributed by atoms with van der Waals surface area (Å²) in [7, 11) is 0.